The molecular weight excluding hydrogens is 339 g/mol. The van der Waals surface area contributed by atoms with E-state index in [9.17, 15) is 9.18 Å². The fourth-order valence-electron chi connectivity index (χ4n) is 5.21. The maximum atomic E-state index is 13.9. The largest absolute Gasteiger partial charge is 0.343 e. The molecule has 150 valence electrons. The zero-order valence-electron chi connectivity index (χ0n) is 17.0. The molecule has 2 aliphatic rings. The number of halogens is 1. The maximum absolute atomic E-state index is 13.9. The van der Waals surface area contributed by atoms with Crippen molar-refractivity contribution < 1.29 is 9.18 Å². The van der Waals surface area contributed by atoms with Gasteiger partial charge in [-0.15, -0.1) is 0 Å². The van der Waals surface area contributed by atoms with Crippen molar-refractivity contribution in [2.75, 3.05) is 26.2 Å². The summed E-state index contributed by atoms with van der Waals surface area (Å²) in [6, 6.07) is 5.41. The number of carbonyl (C=O) groups is 1. The Balaban J connectivity index is 1.63. The third-order valence-electron chi connectivity index (χ3n) is 6.77. The number of nitrogens with zero attached hydrogens (tertiary/aromatic N) is 1. The number of carbonyl (C=O) groups excluding carboxylic acids is 1. The quantitative estimate of drug-likeness (QED) is 0.704. The van der Waals surface area contributed by atoms with Crippen LogP contribution in [0.2, 0.25) is 0 Å². The number of hydrogen-bond donors (Lipinski definition) is 1. The Morgan fingerprint density at radius 3 is 2.67 bits per heavy atom. The van der Waals surface area contributed by atoms with Crippen LogP contribution in [0.5, 0.6) is 0 Å². The molecular formula is C23H35FN2O. The van der Waals surface area contributed by atoms with Crippen LogP contribution in [-0.4, -0.2) is 37.0 Å². The molecule has 1 amide bonds. The molecule has 3 nitrogen and oxygen atoms in total. The van der Waals surface area contributed by atoms with Crippen LogP contribution in [0.4, 0.5) is 4.39 Å². The SMILES string of the molecule is CCN(CC)C(=O)CCCCC1CC2(CCNCC2)Cc2ccc(F)cc21. The van der Waals surface area contributed by atoms with Gasteiger partial charge in [0.15, 0.2) is 0 Å². The molecule has 3 rings (SSSR count). The molecule has 1 spiro atoms. The number of benzene rings is 1. The fourth-order valence-corrected chi connectivity index (χ4v) is 5.21. The monoisotopic (exact) mass is 374 g/mol. The van der Waals surface area contributed by atoms with E-state index in [1.807, 2.05) is 24.8 Å². The van der Waals surface area contributed by atoms with E-state index in [2.05, 4.69) is 5.32 Å². The van der Waals surface area contributed by atoms with Crippen LogP contribution in [0, 0.1) is 11.2 Å². The lowest BCUT2D eigenvalue weighted by Crippen LogP contribution is -2.41. The topological polar surface area (TPSA) is 32.3 Å². The molecule has 1 aromatic rings. The van der Waals surface area contributed by atoms with Gasteiger partial charge >= 0.3 is 0 Å². The Labute approximate surface area is 163 Å². The molecule has 1 aliphatic heterocycles. The van der Waals surface area contributed by atoms with E-state index in [-0.39, 0.29) is 11.7 Å². The first-order valence-electron chi connectivity index (χ1n) is 10.8. The van der Waals surface area contributed by atoms with Crippen molar-refractivity contribution >= 4 is 5.91 Å². The number of hydrogen-bond acceptors (Lipinski definition) is 2. The van der Waals surface area contributed by atoms with Crippen LogP contribution < -0.4 is 5.32 Å². The first-order chi connectivity index (χ1) is 13.1. The lowest BCUT2D eigenvalue weighted by atomic mass is 9.62. The normalized spacial score (nSPS) is 21.1. The summed E-state index contributed by atoms with van der Waals surface area (Å²) >= 11 is 0. The number of fused-ring (bicyclic) bond motifs is 1. The van der Waals surface area contributed by atoms with Crippen molar-refractivity contribution in [3.05, 3.63) is 35.1 Å². The summed E-state index contributed by atoms with van der Waals surface area (Å²) in [5.74, 6) is 0.591. The number of unbranched alkanes of at least 4 members (excludes halogenated alkanes) is 1. The average molecular weight is 375 g/mol. The van der Waals surface area contributed by atoms with Crippen LogP contribution >= 0.6 is 0 Å². The molecule has 27 heavy (non-hydrogen) atoms. The second kappa shape index (κ2) is 9.18. The minimum atomic E-state index is -0.114. The second-order valence-corrected chi connectivity index (χ2v) is 8.48. The zero-order valence-corrected chi connectivity index (χ0v) is 17.0. The van der Waals surface area contributed by atoms with Gasteiger partial charge in [-0.25, -0.2) is 4.39 Å². The van der Waals surface area contributed by atoms with Gasteiger partial charge in [-0.05, 0) is 100 Å². The van der Waals surface area contributed by atoms with E-state index in [1.54, 1.807) is 12.1 Å². The summed E-state index contributed by atoms with van der Waals surface area (Å²) in [5.41, 5.74) is 2.97. The highest BCUT2D eigenvalue weighted by Crippen LogP contribution is 2.49. The molecule has 1 unspecified atom stereocenters. The van der Waals surface area contributed by atoms with E-state index in [4.69, 9.17) is 0 Å². The fraction of sp³-hybridized carbons (Fsp3) is 0.696. The van der Waals surface area contributed by atoms with Gasteiger partial charge in [0.1, 0.15) is 5.82 Å². The van der Waals surface area contributed by atoms with Gasteiger partial charge in [0.2, 0.25) is 5.91 Å². The molecule has 0 bridgehead atoms. The Morgan fingerprint density at radius 2 is 1.96 bits per heavy atom. The first-order valence-corrected chi connectivity index (χ1v) is 10.8. The molecule has 0 aromatic heterocycles. The Bertz CT molecular complexity index is 635. The Morgan fingerprint density at radius 1 is 1.22 bits per heavy atom. The molecule has 4 heteroatoms. The van der Waals surface area contributed by atoms with Crippen LogP contribution in [0.25, 0.3) is 0 Å². The van der Waals surface area contributed by atoms with Gasteiger partial charge in [-0.3, -0.25) is 4.79 Å². The van der Waals surface area contributed by atoms with E-state index in [0.717, 1.165) is 51.9 Å². The molecule has 1 aliphatic carbocycles. The summed E-state index contributed by atoms with van der Waals surface area (Å²) in [4.78, 5) is 14.1. The van der Waals surface area contributed by atoms with Crippen LogP contribution in [0.1, 0.15) is 75.8 Å². The summed E-state index contributed by atoms with van der Waals surface area (Å²) in [6.45, 7) is 7.85. The summed E-state index contributed by atoms with van der Waals surface area (Å²) < 4.78 is 13.9. The van der Waals surface area contributed by atoms with Gasteiger partial charge in [-0.2, -0.15) is 0 Å². The lowest BCUT2D eigenvalue weighted by Gasteiger charge is -2.45. The molecule has 1 aromatic carbocycles. The minimum Gasteiger partial charge on any atom is -0.343 e. The summed E-state index contributed by atoms with van der Waals surface area (Å²) in [7, 11) is 0. The van der Waals surface area contributed by atoms with Crippen molar-refractivity contribution in [1.82, 2.24) is 10.2 Å². The van der Waals surface area contributed by atoms with E-state index < -0.39 is 0 Å². The summed E-state index contributed by atoms with van der Waals surface area (Å²) in [5, 5.41) is 3.49. The summed E-state index contributed by atoms with van der Waals surface area (Å²) in [6.07, 6.45) is 8.40. The van der Waals surface area contributed by atoms with Crippen LogP contribution in [-0.2, 0) is 11.2 Å². The predicted molar refractivity (Wildman–Crippen MR) is 108 cm³/mol. The van der Waals surface area contributed by atoms with Gasteiger partial charge < -0.3 is 10.2 Å². The Kier molecular flexibility index (Phi) is 6.91. The highest BCUT2D eigenvalue weighted by molar-refractivity contribution is 5.76. The zero-order chi connectivity index (χ0) is 19.3. The first kappa shape index (κ1) is 20.3. The van der Waals surface area contributed by atoms with E-state index >= 15 is 0 Å². The lowest BCUT2D eigenvalue weighted by molar-refractivity contribution is -0.130. The predicted octanol–water partition coefficient (Wildman–Crippen LogP) is 4.65. The third kappa shape index (κ3) is 4.90. The number of nitrogens with one attached hydrogen (secondary N) is 1. The molecule has 0 radical (unpaired) electrons. The Hall–Kier alpha value is -1.42. The van der Waals surface area contributed by atoms with Gasteiger partial charge in [0.05, 0.1) is 0 Å². The van der Waals surface area contributed by atoms with Gasteiger partial charge in [-0.1, -0.05) is 12.5 Å². The number of rotatable bonds is 7. The molecule has 1 saturated heterocycles. The highest BCUT2D eigenvalue weighted by Gasteiger charge is 2.39. The molecule has 1 atom stereocenters. The molecule has 1 N–H and O–H groups in total. The van der Waals surface area contributed by atoms with Crippen molar-refractivity contribution in [3.63, 3.8) is 0 Å². The minimum absolute atomic E-state index is 0.114. The standard InChI is InChI=1S/C23H35FN2O/c1-3-26(4-2)22(27)8-6-5-7-18-16-23(11-13-25-14-12-23)17-19-9-10-20(24)15-21(18)19/h9-10,15,18,25H,3-8,11-14,16-17H2,1-2H3. The molecule has 0 saturated carbocycles. The third-order valence-corrected chi connectivity index (χ3v) is 6.77. The van der Waals surface area contributed by atoms with Crippen LogP contribution in [0.15, 0.2) is 18.2 Å². The molecule has 1 heterocycles. The molecule has 1 fully saturated rings. The van der Waals surface area contributed by atoms with Crippen molar-refractivity contribution in [2.45, 2.75) is 71.1 Å². The van der Waals surface area contributed by atoms with Crippen LogP contribution in [0.3, 0.4) is 0 Å². The smallest absolute Gasteiger partial charge is 0.222 e. The number of amides is 1. The van der Waals surface area contributed by atoms with Gasteiger partial charge in [0, 0.05) is 19.5 Å². The van der Waals surface area contributed by atoms with Crippen molar-refractivity contribution in [2.24, 2.45) is 5.41 Å². The van der Waals surface area contributed by atoms with Gasteiger partial charge in [0.25, 0.3) is 0 Å². The van der Waals surface area contributed by atoms with Crippen molar-refractivity contribution in [1.29, 1.82) is 0 Å². The van der Waals surface area contributed by atoms with E-state index in [0.29, 0.717) is 17.8 Å². The van der Waals surface area contributed by atoms with E-state index in [1.165, 1.54) is 30.4 Å². The number of piperidine rings is 1. The second-order valence-electron chi connectivity index (χ2n) is 8.48. The van der Waals surface area contributed by atoms with Crippen molar-refractivity contribution in [3.8, 4) is 0 Å². The highest BCUT2D eigenvalue weighted by atomic mass is 19.1. The maximum Gasteiger partial charge on any atom is 0.222 e. The average Bonchev–Trinajstić information content (AvgIpc) is 2.67.